The Morgan fingerprint density at radius 2 is 1.71 bits per heavy atom. The van der Waals surface area contributed by atoms with Crippen molar-refractivity contribution < 1.29 is 8.42 Å². The summed E-state index contributed by atoms with van der Waals surface area (Å²) in [5.41, 5.74) is 7.68. The molecule has 5 heteroatoms. The van der Waals surface area contributed by atoms with Gasteiger partial charge < -0.3 is 5.73 Å². The minimum Gasteiger partial charge on any atom is -0.398 e. The van der Waals surface area contributed by atoms with E-state index in [0.717, 1.165) is 5.56 Å². The van der Waals surface area contributed by atoms with Gasteiger partial charge in [-0.2, -0.15) is 4.31 Å². The van der Waals surface area contributed by atoms with E-state index in [4.69, 9.17) is 5.73 Å². The van der Waals surface area contributed by atoms with Crippen LogP contribution in [0.25, 0.3) is 0 Å². The van der Waals surface area contributed by atoms with Crippen LogP contribution in [0.5, 0.6) is 0 Å². The van der Waals surface area contributed by atoms with Gasteiger partial charge in [0.2, 0.25) is 10.0 Å². The van der Waals surface area contributed by atoms with Crippen molar-refractivity contribution in [3.05, 3.63) is 23.3 Å². The maximum Gasteiger partial charge on any atom is 0.243 e. The maximum absolute atomic E-state index is 12.5. The van der Waals surface area contributed by atoms with Gasteiger partial charge in [0.15, 0.2) is 0 Å². The Kier molecular flexibility index (Phi) is 4.16. The van der Waals surface area contributed by atoms with Crippen LogP contribution in [-0.4, -0.2) is 25.8 Å². The number of nitrogens with two attached hydrogens (primary N) is 1. The van der Waals surface area contributed by atoms with Crippen LogP contribution >= 0.6 is 0 Å². The van der Waals surface area contributed by atoms with Crippen LogP contribution in [-0.2, 0) is 10.0 Å². The fourth-order valence-corrected chi connectivity index (χ4v) is 3.85. The third-order valence-corrected chi connectivity index (χ3v) is 5.29. The fraction of sp³-hybridized carbons (Fsp3) is 0.500. The molecule has 2 N–H and O–H groups in total. The second-order valence-corrected chi connectivity index (χ2v) is 5.89. The highest BCUT2D eigenvalue weighted by atomic mass is 32.2. The lowest BCUT2D eigenvalue weighted by molar-refractivity contribution is 0.444. The number of sulfonamides is 1. The highest BCUT2D eigenvalue weighted by Gasteiger charge is 2.26. The first-order valence-electron chi connectivity index (χ1n) is 5.72. The lowest BCUT2D eigenvalue weighted by Gasteiger charge is -2.21. The minimum absolute atomic E-state index is 0.348. The van der Waals surface area contributed by atoms with E-state index in [1.54, 1.807) is 26.0 Å². The monoisotopic (exact) mass is 256 g/mol. The van der Waals surface area contributed by atoms with E-state index in [2.05, 4.69) is 0 Å². The highest BCUT2D eigenvalue weighted by Crippen LogP contribution is 2.27. The Morgan fingerprint density at radius 1 is 1.18 bits per heavy atom. The molecule has 4 nitrogen and oxygen atoms in total. The third-order valence-electron chi connectivity index (χ3n) is 2.95. The number of nitrogen functional groups attached to an aromatic ring is 1. The quantitative estimate of drug-likeness (QED) is 0.837. The molecule has 0 aliphatic rings. The van der Waals surface area contributed by atoms with Crippen molar-refractivity contribution in [1.29, 1.82) is 0 Å². The summed E-state index contributed by atoms with van der Waals surface area (Å²) in [5.74, 6) is 0. The van der Waals surface area contributed by atoms with Crippen molar-refractivity contribution in [3.63, 3.8) is 0 Å². The van der Waals surface area contributed by atoms with Gasteiger partial charge in [-0.25, -0.2) is 8.42 Å². The number of rotatable bonds is 4. The number of anilines is 1. The van der Waals surface area contributed by atoms with Crippen LogP contribution in [0.2, 0.25) is 0 Å². The van der Waals surface area contributed by atoms with Crippen LogP contribution < -0.4 is 5.73 Å². The van der Waals surface area contributed by atoms with E-state index in [1.807, 2.05) is 13.8 Å². The Bertz CT molecular complexity index is 505. The van der Waals surface area contributed by atoms with Gasteiger partial charge in [-0.05, 0) is 31.0 Å². The summed E-state index contributed by atoms with van der Waals surface area (Å²) in [6, 6.07) is 3.49. The third kappa shape index (κ3) is 2.45. The molecule has 0 spiro atoms. The molecule has 96 valence electrons. The van der Waals surface area contributed by atoms with Crippen molar-refractivity contribution in [1.82, 2.24) is 4.31 Å². The largest absolute Gasteiger partial charge is 0.398 e. The maximum atomic E-state index is 12.5. The molecule has 0 aromatic heterocycles. The predicted molar refractivity (Wildman–Crippen MR) is 70.4 cm³/mol. The standard InChI is InChI=1S/C12H20N2O2S/c1-5-14(6-2)17(15,16)12-9(3)7-8-11(13)10(12)4/h7-8H,5-6,13H2,1-4H3. The van der Waals surface area contributed by atoms with Gasteiger partial charge in [-0.3, -0.25) is 0 Å². The molecule has 0 fully saturated rings. The highest BCUT2D eigenvalue weighted by molar-refractivity contribution is 7.89. The zero-order valence-corrected chi connectivity index (χ0v) is 11.6. The van der Waals surface area contributed by atoms with Crippen molar-refractivity contribution in [2.24, 2.45) is 0 Å². The van der Waals surface area contributed by atoms with Gasteiger partial charge in [0.25, 0.3) is 0 Å². The molecular weight excluding hydrogens is 236 g/mol. The second-order valence-electron chi connectivity index (χ2n) is 4.02. The lowest BCUT2D eigenvalue weighted by Crippen LogP contribution is -2.31. The summed E-state index contributed by atoms with van der Waals surface area (Å²) >= 11 is 0. The van der Waals surface area contributed by atoms with Crippen molar-refractivity contribution in [3.8, 4) is 0 Å². The Balaban J connectivity index is 3.48. The van der Waals surface area contributed by atoms with Gasteiger partial charge in [-0.1, -0.05) is 19.9 Å². The molecule has 1 aromatic rings. The van der Waals surface area contributed by atoms with Crippen molar-refractivity contribution >= 4 is 15.7 Å². The molecule has 0 heterocycles. The van der Waals surface area contributed by atoms with Gasteiger partial charge >= 0.3 is 0 Å². The normalized spacial score (nSPS) is 12.1. The first-order valence-corrected chi connectivity index (χ1v) is 7.16. The molecule has 0 unspecified atom stereocenters. The first kappa shape index (κ1) is 14.0. The molecule has 0 amide bonds. The van der Waals surface area contributed by atoms with Crippen LogP contribution in [0.1, 0.15) is 25.0 Å². The molecule has 0 aliphatic carbocycles. The number of nitrogens with zero attached hydrogens (tertiary/aromatic N) is 1. The Morgan fingerprint density at radius 3 is 2.18 bits per heavy atom. The molecule has 17 heavy (non-hydrogen) atoms. The summed E-state index contributed by atoms with van der Waals surface area (Å²) in [7, 11) is -3.43. The van der Waals surface area contributed by atoms with E-state index >= 15 is 0 Å². The fourth-order valence-electron chi connectivity index (χ4n) is 1.93. The van der Waals surface area contributed by atoms with Gasteiger partial charge in [0.1, 0.15) is 0 Å². The summed E-state index contributed by atoms with van der Waals surface area (Å²) in [6.07, 6.45) is 0. The van der Waals surface area contributed by atoms with Crippen LogP contribution in [0.15, 0.2) is 17.0 Å². The smallest absolute Gasteiger partial charge is 0.243 e. The molecule has 0 saturated heterocycles. The van der Waals surface area contributed by atoms with Crippen LogP contribution in [0.4, 0.5) is 5.69 Å². The number of aryl methyl sites for hydroxylation is 1. The predicted octanol–water partition coefficient (Wildman–Crippen LogP) is 1.92. The number of hydrogen-bond donors (Lipinski definition) is 1. The molecule has 0 saturated carbocycles. The topological polar surface area (TPSA) is 63.4 Å². The van der Waals surface area contributed by atoms with Crippen molar-refractivity contribution in [2.45, 2.75) is 32.6 Å². The van der Waals surface area contributed by atoms with E-state index in [9.17, 15) is 8.42 Å². The van der Waals surface area contributed by atoms with E-state index in [0.29, 0.717) is 29.2 Å². The van der Waals surface area contributed by atoms with E-state index in [-0.39, 0.29) is 0 Å². The first-order chi connectivity index (χ1) is 7.86. The van der Waals surface area contributed by atoms with Crippen LogP contribution in [0, 0.1) is 13.8 Å². The summed E-state index contributed by atoms with van der Waals surface area (Å²) in [4.78, 5) is 0.348. The zero-order valence-electron chi connectivity index (χ0n) is 10.8. The molecule has 1 aromatic carbocycles. The summed E-state index contributed by atoms with van der Waals surface area (Å²) < 4.78 is 26.4. The van der Waals surface area contributed by atoms with Crippen molar-refractivity contribution in [2.75, 3.05) is 18.8 Å². The van der Waals surface area contributed by atoms with Crippen LogP contribution in [0.3, 0.4) is 0 Å². The average Bonchev–Trinajstić information content (AvgIpc) is 2.25. The summed E-state index contributed by atoms with van der Waals surface area (Å²) in [5, 5.41) is 0. The lowest BCUT2D eigenvalue weighted by atomic mass is 10.1. The molecule has 0 radical (unpaired) electrons. The molecule has 0 bridgehead atoms. The van der Waals surface area contributed by atoms with E-state index in [1.165, 1.54) is 4.31 Å². The molecule has 0 aliphatic heterocycles. The Labute approximate surface area is 103 Å². The molecular formula is C12H20N2O2S. The van der Waals surface area contributed by atoms with Gasteiger partial charge in [0.05, 0.1) is 4.90 Å². The molecule has 0 atom stereocenters. The Hall–Kier alpha value is -1.07. The minimum atomic E-state index is -3.43. The van der Waals surface area contributed by atoms with E-state index < -0.39 is 10.0 Å². The van der Waals surface area contributed by atoms with Gasteiger partial charge in [-0.15, -0.1) is 0 Å². The van der Waals surface area contributed by atoms with Gasteiger partial charge in [0, 0.05) is 18.8 Å². The summed E-state index contributed by atoms with van der Waals surface area (Å²) in [6.45, 7) is 8.14. The SMILES string of the molecule is CCN(CC)S(=O)(=O)c1c(C)ccc(N)c1C. The second kappa shape index (κ2) is 5.06. The zero-order chi connectivity index (χ0) is 13.2. The number of hydrogen-bond acceptors (Lipinski definition) is 3. The average molecular weight is 256 g/mol. The molecule has 1 rings (SSSR count). The number of benzene rings is 1.